The summed E-state index contributed by atoms with van der Waals surface area (Å²) in [5.41, 5.74) is 3.91. The van der Waals surface area contributed by atoms with Crippen molar-refractivity contribution in [1.29, 1.82) is 0 Å². The van der Waals surface area contributed by atoms with Crippen molar-refractivity contribution in [2.45, 2.75) is 11.5 Å². The Morgan fingerprint density at radius 2 is 1.52 bits per heavy atom. The van der Waals surface area contributed by atoms with Crippen molar-refractivity contribution < 1.29 is 9.90 Å². The summed E-state index contributed by atoms with van der Waals surface area (Å²) in [5.74, 6) is 1.27. The fourth-order valence-electron chi connectivity index (χ4n) is 2.97. The summed E-state index contributed by atoms with van der Waals surface area (Å²) < 4.78 is 0. The molecule has 144 valence electrons. The van der Waals surface area contributed by atoms with Gasteiger partial charge in [0.15, 0.2) is 5.69 Å². The van der Waals surface area contributed by atoms with Gasteiger partial charge in [0.05, 0.1) is 5.52 Å². The van der Waals surface area contributed by atoms with Gasteiger partial charge in [-0.2, -0.15) is 11.8 Å². The lowest BCUT2D eigenvalue weighted by Crippen LogP contribution is -1.94. The number of nitrogens with one attached hydrogen (secondary N) is 1. The molecule has 29 heavy (non-hydrogen) atoms. The summed E-state index contributed by atoms with van der Waals surface area (Å²) in [6.45, 7) is 0. The van der Waals surface area contributed by atoms with Gasteiger partial charge in [-0.05, 0) is 29.3 Å². The summed E-state index contributed by atoms with van der Waals surface area (Å²) in [4.78, 5) is 15.2. The van der Waals surface area contributed by atoms with Crippen molar-refractivity contribution >= 4 is 34.3 Å². The molecular formula is C23H19N3O2S. The van der Waals surface area contributed by atoms with Gasteiger partial charge in [0, 0.05) is 22.5 Å². The molecule has 1 heterocycles. The van der Waals surface area contributed by atoms with Gasteiger partial charge in [-0.3, -0.25) is 4.79 Å². The number of thioether (sulfide) groups is 1. The van der Waals surface area contributed by atoms with Crippen LogP contribution in [0, 0.1) is 0 Å². The summed E-state index contributed by atoms with van der Waals surface area (Å²) >= 11 is 1.83. The Kier molecular flexibility index (Phi) is 5.72. The number of aromatic amines is 1. The standard InChI is InChI=1S/C23H19N3O2S/c27-22(26-25-21-19-8-4-5-9-20(19)24-23(21)28)18-12-10-17(11-13-18)15-29-14-16-6-2-1-3-7-16/h1-13,24,28H,14-15H2. The molecule has 0 saturated carbocycles. The largest absolute Gasteiger partial charge is 0.493 e. The third-order valence-corrected chi connectivity index (χ3v) is 5.56. The first-order valence-electron chi connectivity index (χ1n) is 9.17. The average Bonchev–Trinajstić information content (AvgIpc) is 3.08. The van der Waals surface area contributed by atoms with Gasteiger partial charge in [-0.25, -0.2) is 0 Å². The molecule has 1 aromatic heterocycles. The predicted octanol–water partition coefficient (Wildman–Crippen LogP) is 6.23. The van der Waals surface area contributed by atoms with E-state index in [9.17, 15) is 9.90 Å². The van der Waals surface area contributed by atoms with E-state index in [1.807, 2.05) is 66.4 Å². The molecule has 0 aliphatic heterocycles. The normalized spacial score (nSPS) is 11.3. The molecule has 5 nitrogen and oxygen atoms in total. The van der Waals surface area contributed by atoms with Gasteiger partial charge >= 0.3 is 0 Å². The lowest BCUT2D eigenvalue weighted by molar-refractivity contribution is 0.0995. The number of fused-ring (bicyclic) bond motifs is 1. The maximum Gasteiger partial charge on any atom is 0.295 e. The fraction of sp³-hybridized carbons (Fsp3) is 0.0870. The molecule has 0 atom stereocenters. The molecule has 0 aliphatic rings. The number of amides is 1. The van der Waals surface area contributed by atoms with Crippen LogP contribution in [-0.4, -0.2) is 16.0 Å². The minimum absolute atomic E-state index is 0.103. The minimum Gasteiger partial charge on any atom is -0.493 e. The summed E-state index contributed by atoms with van der Waals surface area (Å²) in [7, 11) is 0. The third kappa shape index (κ3) is 4.55. The van der Waals surface area contributed by atoms with Crippen LogP contribution < -0.4 is 0 Å². The third-order valence-electron chi connectivity index (χ3n) is 4.48. The van der Waals surface area contributed by atoms with E-state index in [4.69, 9.17) is 0 Å². The number of hydrogen-bond acceptors (Lipinski definition) is 4. The number of azo groups is 1. The monoisotopic (exact) mass is 401 g/mol. The van der Waals surface area contributed by atoms with Gasteiger partial charge in [0.1, 0.15) is 0 Å². The van der Waals surface area contributed by atoms with Crippen LogP contribution in [0.5, 0.6) is 5.88 Å². The molecule has 0 aliphatic carbocycles. The number of para-hydroxylation sites is 1. The number of aromatic hydroxyl groups is 1. The molecule has 0 saturated heterocycles. The molecule has 4 rings (SSSR count). The number of carbonyl (C=O) groups is 1. The number of nitrogens with zero attached hydrogens (tertiary/aromatic N) is 2. The summed E-state index contributed by atoms with van der Waals surface area (Å²) in [5, 5.41) is 18.5. The van der Waals surface area contributed by atoms with E-state index >= 15 is 0 Å². The number of hydrogen-bond donors (Lipinski definition) is 2. The second kappa shape index (κ2) is 8.75. The van der Waals surface area contributed by atoms with Crippen molar-refractivity contribution in [3.05, 3.63) is 95.6 Å². The fourth-order valence-corrected chi connectivity index (χ4v) is 3.93. The van der Waals surface area contributed by atoms with E-state index in [-0.39, 0.29) is 11.6 Å². The highest BCUT2D eigenvalue weighted by atomic mass is 32.2. The molecule has 0 fully saturated rings. The Balaban J connectivity index is 1.39. The number of rotatable bonds is 6. The average molecular weight is 401 g/mol. The van der Waals surface area contributed by atoms with Gasteiger partial charge in [-0.1, -0.05) is 60.7 Å². The minimum atomic E-state index is -0.446. The van der Waals surface area contributed by atoms with Gasteiger partial charge in [0.25, 0.3) is 5.91 Å². The zero-order valence-corrected chi connectivity index (χ0v) is 16.4. The molecule has 0 unspecified atom stereocenters. The summed E-state index contributed by atoms with van der Waals surface area (Å²) in [6, 6.07) is 25.0. The van der Waals surface area contributed by atoms with Gasteiger partial charge in [-0.15, -0.1) is 10.2 Å². The zero-order valence-electron chi connectivity index (χ0n) is 15.6. The van der Waals surface area contributed by atoms with Crippen molar-refractivity contribution in [1.82, 2.24) is 4.98 Å². The SMILES string of the molecule is O=C(N=Nc1c(O)[nH]c2ccccc12)c1ccc(CSCc2ccccc2)cc1. The Hall–Kier alpha value is -3.38. The van der Waals surface area contributed by atoms with E-state index in [2.05, 4.69) is 27.3 Å². The van der Waals surface area contributed by atoms with E-state index in [1.54, 1.807) is 12.1 Å². The predicted molar refractivity (Wildman–Crippen MR) is 117 cm³/mol. The number of aromatic nitrogens is 1. The first-order chi connectivity index (χ1) is 14.2. The van der Waals surface area contributed by atoms with E-state index < -0.39 is 5.91 Å². The quantitative estimate of drug-likeness (QED) is 0.376. The molecular weight excluding hydrogens is 382 g/mol. The highest BCUT2D eigenvalue weighted by Gasteiger charge is 2.11. The van der Waals surface area contributed by atoms with Gasteiger partial charge in [0.2, 0.25) is 5.88 Å². The highest BCUT2D eigenvalue weighted by Crippen LogP contribution is 2.35. The second-order valence-electron chi connectivity index (χ2n) is 6.55. The topological polar surface area (TPSA) is 77.8 Å². The number of benzene rings is 3. The van der Waals surface area contributed by atoms with Crippen LogP contribution in [0.1, 0.15) is 21.5 Å². The molecule has 6 heteroatoms. The van der Waals surface area contributed by atoms with Crippen LogP contribution in [0.3, 0.4) is 0 Å². The van der Waals surface area contributed by atoms with Crippen LogP contribution in [0.2, 0.25) is 0 Å². The number of carbonyl (C=O) groups excluding carboxylic acids is 1. The molecule has 1 amide bonds. The van der Waals surface area contributed by atoms with Crippen molar-refractivity contribution in [2.24, 2.45) is 10.2 Å². The van der Waals surface area contributed by atoms with Gasteiger partial charge < -0.3 is 10.1 Å². The van der Waals surface area contributed by atoms with Crippen LogP contribution in [-0.2, 0) is 11.5 Å². The molecule has 0 spiro atoms. The highest BCUT2D eigenvalue weighted by molar-refractivity contribution is 7.97. The maximum atomic E-state index is 12.3. The van der Waals surface area contributed by atoms with E-state index in [0.717, 1.165) is 22.6 Å². The molecule has 0 bridgehead atoms. The van der Waals surface area contributed by atoms with Crippen molar-refractivity contribution in [3.63, 3.8) is 0 Å². The van der Waals surface area contributed by atoms with Crippen molar-refractivity contribution in [3.8, 4) is 5.88 Å². The first-order valence-corrected chi connectivity index (χ1v) is 10.3. The van der Waals surface area contributed by atoms with Crippen LogP contribution >= 0.6 is 11.8 Å². The first kappa shape index (κ1) is 19.0. The summed E-state index contributed by atoms with van der Waals surface area (Å²) in [6.07, 6.45) is 0. The van der Waals surface area contributed by atoms with Crippen LogP contribution in [0.4, 0.5) is 5.69 Å². The van der Waals surface area contributed by atoms with E-state index in [1.165, 1.54) is 5.56 Å². The lowest BCUT2D eigenvalue weighted by Gasteiger charge is -2.03. The van der Waals surface area contributed by atoms with Crippen LogP contribution in [0.25, 0.3) is 10.9 Å². The Morgan fingerprint density at radius 1 is 0.862 bits per heavy atom. The Morgan fingerprint density at radius 3 is 2.28 bits per heavy atom. The zero-order chi connectivity index (χ0) is 20.1. The Labute approximate surface area is 172 Å². The van der Waals surface area contributed by atoms with Crippen molar-refractivity contribution in [2.75, 3.05) is 0 Å². The second-order valence-corrected chi connectivity index (χ2v) is 7.53. The lowest BCUT2D eigenvalue weighted by atomic mass is 10.1. The van der Waals surface area contributed by atoms with Crippen LogP contribution in [0.15, 0.2) is 89.1 Å². The van der Waals surface area contributed by atoms with E-state index in [0.29, 0.717) is 10.9 Å². The molecule has 0 radical (unpaired) electrons. The molecule has 3 aromatic carbocycles. The molecule has 2 N–H and O–H groups in total. The maximum absolute atomic E-state index is 12.3. The molecule has 4 aromatic rings. The smallest absolute Gasteiger partial charge is 0.295 e. The number of H-pyrrole nitrogens is 1. The Bertz CT molecular complexity index is 1150.